The van der Waals surface area contributed by atoms with Crippen LogP contribution in [0.5, 0.6) is 0 Å². The van der Waals surface area contributed by atoms with Gasteiger partial charge in [-0.2, -0.15) is 0 Å². The average molecular weight is 425 g/mol. The molecule has 2 amide bonds. The van der Waals surface area contributed by atoms with E-state index in [1.807, 2.05) is 48.5 Å². The van der Waals surface area contributed by atoms with Crippen molar-refractivity contribution in [2.24, 2.45) is 11.8 Å². The van der Waals surface area contributed by atoms with Gasteiger partial charge in [0.2, 0.25) is 11.8 Å². The number of rotatable bonds is 3. The van der Waals surface area contributed by atoms with E-state index in [2.05, 4.69) is 0 Å². The van der Waals surface area contributed by atoms with E-state index in [1.54, 1.807) is 0 Å². The SMILES string of the molecule is O=CC12c3ccccc3C(c3ccccc31)[C@@H]1C(=O)N(c3ccc(N([O-])O)cc3)C(=O)[C@@H]12. The van der Waals surface area contributed by atoms with Gasteiger partial charge >= 0.3 is 0 Å². The fourth-order valence-electron chi connectivity index (χ4n) is 6.01. The molecule has 32 heavy (non-hydrogen) atoms. The van der Waals surface area contributed by atoms with Crippen LogP contribution in [0.15, 0.2) is 72.8 Å². The minimum Gasteiger partial charge on any atom is -0.733 e. The zero-order valence-electron chi connectivity index (χ0n) is 16.7. The highest BCUT2D eigenvalue weighted by atomic mass is 16.8. The van der Waals surface area contributed by atoms with Crippen molar-refractivity contribution < 1.29 is 19.6 Å². The third-order valence-electron chi connectivity index (χ3n) is 7.20. The van der Waals surface area contributed by atoms with Gasteiger partial charge in [0.25, 0.3) is 0 Å². The first kappa shape index (κ1) is 18.9. The third kappa shape index (κ3) is 2.09. The molecule has 0 unspecified atom stereocenters. The zero-order chi connectivity index (χ0) is 22.2. The third-order valence-corrected chi connectivity index (χ3v) is 7.20. The van der Waals surface area contributed by atoms with Crippen molar-refractivity contribution >= 4 is 29.5 Å². The van der Waals surface area contributed by atoms with Crippen LogP contribution in [0, 0.1) is 17.0 Å². The quantitative estimate of drug-likeness (QED) is 0.393. The first-order chi connectivity index (χ1) is 15.5. The van der Waals surface area contributed by atoms with Gasteiger partial charge in [0, 0.05) is 5.92 Å². The molecule has 1 N–H and O–H groups in total. The maximum Gasteiger partial charge on any atom is 0.239 e. The van der Waals surface area contributed by atoms with Crippen LogP contribution < -0.4 is 10.1 Å². The normalized spacial score (nSPS) is 27.1. The average Bonchev–Trinajstić information content (AvgIpc) is 3.10. The fourth-order valence-corrected chi connectivity index (χ4v) is 6.01. The number of nitrogens with zero attached hydrogens (tertiary/aromatic N) is 2. The van der Waals surface area contributed by atoms with Crippen LogP contribution in [-0.4, -0.2) is 23.3 Å². The first-order valence-corrected chi connectivity index (χ1v) is 10.3. The maximum atomic E-state index is 13.8. The van der Waals surface area contributed by atoms with Crippen molar-refractivity contribution in [3.8, 4) is 0 Å². The van der Waals surface area contributed by atoms with Gasteiger partial charge < -0.3 is 15.2 Å². The smallest absolute Gasteiger partial charge is 0.239 e. The van der Waals surface area contributed by atoms with Gasteiger partial charge in [-0.1, -0.05) is 48.5 Å². The highest BCUT2D eigenvalue weighted by Gasteiger charge is 2.68. The molecule has 1 heterocycles. The lowest BCUT2D eigenvalue weighted by Gasteiger charge is -2.51. The Morgan fingerprint density at radius 2 is 1.44 bits per heavy atom. The summed E-state index contributed by atoms with van der Waals surface area (Å²) in [5.41, 5.74) is 2.40. The second kappa shape index (κ2) is 6.35. The Hall–Kier alpha value is -3.81. The minimum absolute atomic E-state index is 0.0190. The Labute approximate surface area is 183 Å². The van der Waals surface area contributed by atoms with E-state index in [4.69, 9.17) is 5.21 Å². The molecule has 1 aliphatic heterocycles. The summed E-state index contributed by atoms with van der Waals surface area (Å²) in [4.78, 5) is 41.5. The molecule has 0 aromatic heterocycles. The largest absolute Gasteiger partial charge is 0.733 e. The zero-order valence-corrected chi connectivity index (χ0v) is 16.7. The van der Waals surface area contributed by atoms with E-state index in [0.717, 1.165) is 33.4 Å². The molecule has 7 heteroatoms. The number of hydrogen-bond donors (Lipinski definition) is 1. The molecule has 0 saturated carbocycles. The summed E-state index contributed by atoms with van der Waals surface area (Å²) in [6, 6.07) is 20.6. The molecule has 158 valence electrons. The summed E-state index contributed by atoms with van der Waals surface area (Å²) < 4.78 is 0. The van der Waals surface area contributed by atoms with Crippen LogP contribution in [0.4, 0.5) is 11.4 Å². The molecule has 3 aromatic carbocycles. The number of imide groups is 1. The number of aldehydes is 1. The van der Waals surface area contributed by atoms with E-state index < -0.39 is 23.2 Å². The van der Waals surface area contributed by atoms with Crippen LogP contribution in [-0.2, 0) is 19.8 Å². The lowest BCUT2D eigenvalue weighted by Crippen LogP contribution is -2.54. The number of anilines is 2. The second-order valence-corrected chi connectivity index (χ2v) is 8.44. The lowest BCUT2D eigenvalue weighted by molar-refractivity contribution is -0.128. The van der Waals surface area contributed by atoms with E-state index >= 15 is 0 Å². The Morgan fingerprint density at radius 3 is 1.97 bits per heavy atom. The molecule has 1 fully saturated rings. The predicted octanol–water partition coefficient (Wildman–Crippen LogP) is 3.13. The highest BCUT2D eigenvalue weighted by molar-refractivity contribution is 6.24. The van der Waals surface area contributed by atoms with Gasteiger partial charge in [-0.25, -0.2) is 4.90 Å². The molecule has 0 radical (unpaired) electrons. The summed E-state index contributed by atoms with van der Waals surface area (Å²) in [6.07, 6.45) is 0.830. The van der Waals surface area contributed by atoms with Crippen molar-refractivity contribution in [2.45, 2.75) is 11.3 Å². The molecule has 0 spiro atoms. The summed E-state index contributed by atoms with van der Waals surface area (Å²) in [6.45, 7) is 0. The maximum absolute atomic E-state index is 13.8. The van der Waals surface area contributed by atoms with Crippen LogP contribution in [0.1, 0.15) is 28.2 Å². The van der Waals surface area contributed by atoms with Crippen LogP contribution in [0.25, 0.3) is 0 Å². The topological polar surface area (TPSA) is 101 Å². The predicted molar refractivity (Wildman–Crippen MR) is 115 cm³/mol. The number of benzene rings is 3. The molecule has 1 saturated heterocycles. The monoisotopic (exact) mass is 425 g/mol. The molecular weight excluding hydrogens is 408 g/mol. The fraction of sp³-hybridized carbons (Fsp3) is 0.160. The standard InChI is InChI=1S/C25H17N2O5/c28-13-25-18-7-3-1-5-16(18)20(17-6-2-4-8-19(17)25)21-22(25)24(30)26(23(21)29)14-9-11-15(12-10-14)27(31)32/h1-13,20-22,31H/q-1/t20?,21-,22+,25?/m0/s1. The van der Waals surface area contributed by atoms with Crippen molar-refractivity contribution in [1.29, 1.82) is 0 Å². The molecule has 3 aliphatic carbocycles. The van der Waals surface area contributed by atoms with Gasteiger partial charge in [-0.15, -0.1) is 0 Å². The Balaban J connectivity index is 1.58. The van der Waals surface area contributed by atoms with Crippen molar-refractivity contribution in [3.05, 3.63) is 100 Å². The van der Waals surface area contributed by atoms with E-state index in [9.17, 15) is 19.6 Å². The van der Waals surface area contributed by atoms with Gasteiger partial charge in [-0.05, 0) is 46.5 Å². The molecule has 7 rings (SSSR count). The van der Waals surface area contributed by atoms with Gasteiger partial charge in [-0.3, -0.25) is 14.8 Å². The van der Waals surface area contributed by atoms with E-state index in [0.29, 0.717) is 5.69 Å². The number of carbonyl (C=O) groups excluding carboxylic acids is 3. The molecule has 3 aromatic rings. The number of amides is 2. The summed E-state index contributed by atoms with van der Waals surface area (Å²) in [7, 11) is 0. The Kier molecular flexibility index (Phi) is 3.75. The van der Waals surface area contributed by atoms with Crippen molar-refractivity contribution in [3.63, 3.8) is 0 Å². The Morgan fingerprint density at radius 1 is 0.875 bits per heavy atom. The first-order valence-electron chi connectivity index (χ1n) is 10.3. The van der Waals surface area contributed by atoms with Crippen molar-refractivity contribution in [1.82, 2.24) is 0 Å². The van der Waals surface area contributed by atoms with Crippen LogP contribution in [0.3, 0.4) is 0 Å². The van der Waals surface area contributed by atoms with E-state index in [1.165, 1.54) is 24.3 Å². The van der Waals surface area contributed by atoms with Gasteiger partial charge in [0.15, 0.2) is 0 Å². The summed E-state index contributed by atoms with van der Waals surface area (Å²) in [5, 5.41) is 19.9. The Bertz CT molecular complexity index is 1250. The van der Waals surface area contributed by atoms with Gasteiger partial charge in [0.1, 0.15) is 6.29 Å². The number of hydrogen-bond acceptors (Lipinski definition) is 6. The lowest BCUT2D eigenvalue weighted by atomic mass is 9.48. The molecule has 4 aliphatic rings. The number of carbonyl (C=O) groups is 3. The summed E-state index contributed by atoms with van der Waals surface area (Å²) >= 11 is 0. The van der Waals surface area contributed by atoms with Crippen LogP contribution >= 0.6 is 0 Å². The van der Waals surface area contributed by atoms with Crippen LogP contribution in [0.2, 0.25) is 0 Å². The van der Waals surface area contributed by atoms with E-state index in [-0.39, 0.29) is 22.7 Å². The van der Waals surface area contributed by atoms with Crippen molar-refractivity contribution in [2.75, 3.05) is 10.1 Å². The van der Waals surface area contributed by atoms with Gasteiger partial charge in [0.05, 0.1) is 28.6 Å². The highest BCUT2D eigenvalue weighted by Crippen LogP contribution is 2.63. The molecule has 2 bridgehead atoms. The molecule has 7 nitrogen and oxygen atoms in total. The minimum atomic E-state index is -1.25. The summed E-state index contributed by atoms with van der Waals surface area (Å²) in [5.74, 6) is -2.68. The second-order valence-electron chi connectivity index (χ2n) is 8.44. The molecule has 2 atom stereocenters. The molecular formula is C25H17N2O5-.